The van der Waals surface area contributed by atoms with Crippen molar-refractivity contribution in [1.82, 2.24) is 19.5 Å². The van der Waals surface area contributed by atoms with Gasteiger partial charge in [-0.1, -0.05) is 30.3 Å². The number of nitrogens with zero attached hydrogens (tertiary/aromatic N) is 4. The van der Waals surface area contributed by atoms with Crippen LogP contribution in [0.25, 0.3) is 5.82 Å². The van der Waals surface area contributed by atoms with Crippen LogP contribution in [0.1, 0.15) is 17.2 Å². The number of aromatic nitrogens is 4. The van der Waals surface area contributed by atoms with Crippen molar-refractivity contribution in [3.8, 4) is 17.4 Å². The Kier molecular flexibility index (Phi) is 5.68. The standard InChI is InChI=1S/C22H21N5O3S/c1-16-24-21(27-13-12-23-17(27)2)14-22(25-16)30-20-10-8-19(9-11-20)26-31(28,29)15-18-6-4-3-5-7-18/h3-14,26H,15H2,1-2H3. The van der Waals surface area contributed by atoms with Crippen LogP contribution in [0.5, 0.6) is 11.6 Å². The van der Waals surface area contributed by atoms with E-state index < -0.39 is 10.0 Å². The molecule has 31 heavy (non-hydrogen) atoms. The van der Waals surface area contributed by atoms with Crippen LogP contribution in [0.3, 0.4) is 0 Å². The summed E-state index contributed by atoms with van der Waals surface area (Å²) in [5, 5.41) is 0. The lowest BCUT2D eigenvalue weighted by atomic mass is 10.2. The van der Waals surface area contributed by atoms with Gasteiger partial charge in [0.2, 0.25) is 15.9 Å². The van der Waals surface area contributed by atoms with Crippen molar-refractivity contribution in [3.05, 3.63) is 90.3 Å². The maximum atomic E-state index is 12.4. The fourth-order valence-electron chi connectivity index (χ4n) is 3.04. The first-order chi connectivity index (χ1) is 14.9. The van der Waals surface area contributed by atoms with E-state index in [0.29, 0.717) is 29.0 Å². The van der Waals surface area contributed by atoms with Crippen LogP contribution in [0.15, 0.2) is 73.1 Å². The third-order valence-electron chi connectivity index (χ3n) is 4.42. The predicted octanol–water partition coefficient (Wildman–Crippen LogP) is 4.01. The Bertz CT molecular complexity index is 1290. The van der Waals surface area contributed by atoms with E-state index in [9.17, 15) is 8.42 Å². The molecule has 0 bridgehead atoms. The number of benzene rings is 2. The molecule has 0 radical (unpaired) electrons. The van der Waals surface area contributed by atoms with Crippen molar-refractivity contribution in [2.24, 2.45) is 0 Å². The Labute approximate surface area is 180 Å². The van der Waals surface area contributed by atoms with Gasteiger partial charge >= 0.3 is 0 Å². The maximum Gasteiger partial charge on any atom is 0.236 e. The van der Waals surface area contributed by atoms with Gasteiger partial charge < -0.3 is 4.74 Å². The third-order valence-corrected chi connectivity index (χ3v) is 5.68. The summed E-state index contributed by atoms with van der Waals surface area (Å²) in [5.74, 6) is 2.83. The van der Waals surface area contributed by atoms with Gasteiger partial charge in [-0.25, -0.2) is 18.4 Å². The largest absolute Gasteiger partial charge is 0.439 e. The number of aryl methyl sites for hydroxylation is 2. The molecule has 2 aromatic heterocycles. The van der Waals surface area contributed by atoms with Gasteiger partial charge in [-0.05, 0) is 43.7 Å². The van der Waals surface area contributed by atoms with E-state index in [-0.39, 0.29) is 5.75 Å². The highest BCUT2D eigenvalue weighted by Gasteiger charge is 2.12. The Morgan fingerprint density at radius 1 is 1.00 bits per heavy atom. The molecule has 0 unspecified atom stereocenters. The molecule has 2 aromatic carbocycles. The molecule has 8 nitrogen and oxygen atoms in total. The fourth-order valence-corrected chi connectivity index (χ4v) is 4.24. The summed E-state index contributed by atoms with van der Waals surface area (Å²) >= 11 is 0. The van der Waals surface area contributed by atoms with Crippen molar-refractivity contribution in [1.29, 1.82) is 0 Å². The summed E-state index contributed by atoms with van der Waals surface area (Å²) in [4.78, 5) is 12.9. The molecule has 0 aliphatic rings. The summed E-state index contributed by atoms with van der Waals surface area (Å²) in [6.07, 6.45) is 3.52. The topological polar surface area (TPSA) is 99.0 Å². The minimum atomic E-state index is -3.52. The lowest BCUT2D eigenvalue weighted by molar-refractivity contribution is 0.459. The lowest BCUT2D eigenvalue weighted by Gasteiger charge is -2.11. The van der Waals surface area contributed by atoms with Crippen molar-refractivity contribution in [2.45, 2.75) is 19.6 Å². The average Bonchev–Trinajstić information content (AvgIpc) is 3.15. The molecule has 0 amide bonds. The summed E-state index contributed by atoms with van der Waals surface area (Å²) in [6.45, 7) is 3.67. The van der Waals surface area contributed by atoms with Gasteiger partial charge in [0.1, 0.15) is 23.2 Å². The number of ether oxygens (including phenoxy) is 1. The molecular weight excluding hydrogens is 414 g/mol. The molecule has 4 rings (SSSR count). The van der Waals surface area contributed by atoms with Gasteiger partial charge in [-0.2, -0.15) is 4.98 Å². The first kappa shape index (κ1) is 20.5. The predicted molar refractivity (Wildman–Crippen MR) is 118 cm³/mol. The molecule has 0 aliphatic carbocycles. The van der Waals surface area contributed by atoms with Crippen LogP contribution in [0.4, 0.5) is 5.69 Å². The summed E-state index contributed by atoms with van der Waals surface area (Å²) in [6, 6.07) is 17.4. The van der Waals surface area contributed by atoms with Crippen LogP contribution in [-0.2, 0) is 15.8 Å². The minimum Gasteiger partial charge on any atom is -0.439 e. The van der Waals surface area contributed by atoms with E-state index in [4.69, 9.17) is 4.74 Å². The summed E-state index contributed by atoms with van der Waals surface area (Å²) in [5.41, 5.74) is 1.18. The highest BCUT2D eigenvalue weighted by atomic mass is 32.2. The zero-order valence-electron chi connectivity index (χ0n) is 17.1. The van der Waals surface area contributed by atoms with Crippen molar-refractivity contribution < 1.29 is 13.2 Å². The van der Waals surface area contributed by atoms with E-state index in [0.717, 1.165) is 11.4 Å². The summed E-state index contributed by atoms with van der Waals surface area (Å²) < 4.78 is 35.1. The molecule has 0 fully saturated rings. The van der Waals surface area contributed by atoms with Crippen molar-refractivity contribution >= 4 is 15.7 Å². The number of anilines is 1. The number of nitrogens with one attached hydrogen (secondary N) is 1. The molecule has 0 spiro atoms. The van der Waals surface area contributed by atoms with Gasteiger partial charge in [0, 0.05) is 24.1 Å². The van der Waals surface area contributed by atoms with Crippen LogP contribution >= 0.6 is 0 Å². The SMILES string of the molecule is Cc1nc(Oc2ccc(NS(=O)(=O)Cc3ccccc3)cc2)cc(-n2ccnc2C)n1. The Morgan fingerprint density at radius 3 is 2.42 bits per heavy atom. The van der Waals surface area contributed by atoms with E-state index in [1.54, 1.807) is 55.6 Å². The second-order valence-corrected chi connectivity index (χ2v) is 8.65. The van der Waals surface area contributed by atoms with Gasteiger partial charge in [-0.15, -0.1) is 0 Å². The zero-order chi connectivity index (χ0) is 21.8. The highest BCUT2D eigenvalue weighted by Crippen LogP contribution is 2.24. The number of hydrogen-bond donors (Lipinski definition) is 1. The second-order valence-electron chi connectivity index (χ2n) is 6.93. The smallest absolute Gasteiger partial charge is 0.236 e. The summed E-state index contributed by atoms with van der Waals surface area (Å²) in [7, 11) is -3.52. The molecule has 9 heteroatoms. The molecule has 0 saturated carbocycles. The van der Waals surface area contributed by atoms with Gasteiger partial charge in [0.05, 0.1) is 5.75 Å². The molecule has 2 heterocycles. The molecule has 0 atom stereocenters. The highest BCUT2D eigenvalue weighted by molar-refractivity contribution is 7.91. The number of hydrogen-bond acceptors (Lipinski definition) is 6. The number of rotatable bonds is 7. The van der Waals surface area contributed by atoms with Gasteiger partial charge in [-0.3, -0.25) is 9.29 Å². The Hall–Kier alpha value is -3.72. The normalized spacial score (nSPS) is 11.3. The quantitative estimate of drug-likeness (QED) is 0.471. The fraction of sp³-hybridized carbons (Fsp3) is 0.136. The number of sulfonamides is 1. The molecule has 0 aliphatic heterocycles. The van der Waals surface area contributed by atoms with Crippen molar-refractivity contribution in [3.63, 3.8) is 0 Å². The molecular formula is C22H21N5O3S. The first-order valence-corrected chi connectivity index (χ1v) is 11.2. The molecule has 158 valence electrons. The third kappa shape index (κ3) is 5.26. The average molecular weight is 436 g/mol. The lowest BCUT2D eigenvalue weighted by Crippen LogP contribution is -2.14. The Morgan fingerprint density at radius 2 is 1.74 bits per heavy atom. The Balaban J connectivity index is 1.47. The number of imidazole rings is 1. The molecule has 0 saturated heterocycles. The van der Waals surface area contributed by atoms with E-state index >= 15 is 0 Å². The molecule has 4 aromatic rings. The van der Waals surface area contributed by atoms with E-state index in [1.165, 1.54) is 0 Å². The molecule has 1 N–H and O–H groups in total. The van der Waals surface area contributed by atoms with Gasteiger partial charge in [0.15, 0.2) is 0 Å². The first-order valence-electron chi connectivity index (χ1n) is 9.56. The monoisotopic (exact) mass is 435 g/mol. The van der Waals surface area contributed by atoms with Crippen molar-refractivity contribution in [2.75, 3.05) is 4.72 Å². The van der Waals surface area contributed by atoms with E-state index in [1.807, 2.05) is 35.9 Å². The van der Waals surface area contributed by atoms with Crippen LogP contribution in [0.2, 0.25) is 0 Å². The van der Waals surface area contributed by atoms with Crippen LogP contribution in [-0.4, -0.2) is 27.9 Å². The van der Waals surface area contributed by atoms with Crippen LogP contribution in [0, 0.1) is 13.8 Å². The maximum absolute atomic E-state index is 12.4. The zero-order valence-corrected chi connectivity index (χ0v) is 17.9. The van der Waals surface area contributed by atoms with E-state index in [2.05, 4.69) is 19.7 Å². The second kappa shape index (κ2) is 8.57. The van der Waals surface area contributed by atoms with Gasteiger partial charge in [0.25, 0.3) is 0 Å². The minimum absolute atomic E-state index is 0.0945. The van der Waals surface area contributed by atoms with Crippen LogP contribution < -0.4 is 9.46 Å².